The summed E-state index contributed by atoms with van der Waals surface area (Å²) in [5, 5.41) is 18.6. The maximum atomic E-state index is 12.2. The zero-order valence-corrected chi connectivity index (χ0v) is 13.1. The number of ether oxygens (including phenoxy) is 1. The Morgan fingerprint density at radius 3 is 2.54 bits per heavy atom. The summed E-state index contributed by atoms with van der Waals surface area (Å²) < 4.78 is 4.96. The summed E-state index contributed by atoms with van der Waals surface area (Å²) in [6, 6.07) is 15.1. The van der Waals surface area contributed by atoms with Gasteiger partial charge < -0.3 is 9.84 Å². The maximum Gasteiger partial charge on any atom is 0.342 e. The van der Waals surface area contributed by atoms with Crippen LogP contribution in [0.2, 0.25) is 0 Å². The zero-order chi connectivity index (χ0) is 17.5. The Bertz CT molecular complexity index is 781. The van der Waals surface area contributed by atoms with Crippen LogP contribution in [0, 0.1) is 18.3 Å². The summed E-state index contributed by atoms with van der Waals surface area (Å²) in [4.78, 5) is 25.4. The highest BCUT2D eigenvalue weighted by molar-refractivity contribution is 5.98. The molecule has 0 aliphatic rings. The van der Waals surface area contributed by atoms with Gasteiger partial charge in [-0.05, 0) is 36.8 Å². The number of benzene rings is 2. The van der Waals surface area contributed by atoms with Crippen molar-refractivity contribution in [3.05, 3.63) is 59.7 Å². The van der Waals surface area contributed by atoms with Crippen molar-refractivity contribution in [1.82, 2.24) is 0 Å². The molecule has 1 N–H and O–H groups in total. The number of aryl methyl sites for hydroxylation is 1. The van der Waals surface area contributed by atoms with E-state index in [4.69, 9.17) is 10.00 Å². The highest BCUT2D eigenvalue weighted by Crippen LogP contribution is 2.19. The van der Waals surface area contributed by atoms with Crippen LogP contribution < -0.4 is 4.90 Å². The summed E-state index contributed by atoms with van der Waals surface area (Å²) in [7, 11) is 0. The van der Waals surface area contributed by atoms with Crippen molar-refractivity contribution in [1.29, 1.82) is 5.26 Å². The van der Waals surface area contributed by atoms with Gasteiger partial charge in [-0.1, -0.05) is 24.3 Å². The van der Waals surface area contributed by atoms with Crippen LogP contribution in [0.5, 0.6) is 5.75 Å². The van der Waals surface area contributed by atoms with Gasteiger partial charge in [0, 0.05) is 5.69 Å². The van der Waals surface area contributed by atoms with Crippen molar-refractivity contribution in [2.45, 2.75) is 6.92 Å². The molecule has 6 nitrogen and oxygen atoms in total. The molecule has 6 heteroatoms. The average Bonchev–Trinajstić information content (AvgIpc) is 2.58. The van der Waals surface area contributed by atoms with Crippen LogP contribution in [-0.2, 0) is 9.53 Å². The lowest BCUT2D eigenvalue weighted by Gasteiger charge is -2.19. The van der Waals surface area contributed by atoms with E-state index >= 15 is 0 Å². The first-order valence-electron chi connectivity index (χ1n) is 7.22. The van der Waals surface area contributed by atoms with Gasteiger partial charge in [-0.25, -0.2) is 4.79 Å². The molecule has 0 fully saturated rings. The lowest BCUT2D eigenvalue weighted by molar-refractivity contribution is -0.121. The number of carbonyl (C=O) groups is 2. The summed E-state index contributed by atoms with van der Waals surface area (Å²) in [6.45, 7) is 1.09. The summed E-state index contributed by atoms with van der Waals surface area (Å²) >= 11 is 0. The van der Waals surface area contributed by atoms with Gasteiger partial charge in [0.2, 0.25) is 0 Å². The van der Waals surface area contributed by atoms with E-state index in [1.54, 1.807) is 43.3 Å². The molecule has 0 unspecified atom stereocenters. The van der Waals surface area contributed by atoms with Crippen molar-refractivity contribution in [3.8, 4) is 11.8 Å². The van der Waals surface area contributed by atoms with Crippen LogP contribution >= 0.6 is 0 Å². The lowest BCUT2D eigenvalue weighted by atomic mass is 10.1. The predicted octanol–water partition coefficient (Wildman–Crippen LogP) is 2.41. The number of nitrogens with zero attached hydrogens (tertiary/aromatic N) is 2. The van der Waals surface area contributed by atoms with Gasteiger partial charge in [0.25, 0.3) is 5.91 Å². The average molecular weight is 324 g/mol. The van der Waals surface area contributed by atoms with Crippen LogP contribution in [0.4, 0.5) is 5.69 Å². The van der Waals surface area contributed by atoms with Gasteiger partial charge in [0.1, 0.15) is 17.9 Å². The fraction of sp³-hybridized carbons (Fsp3) is 0.167. The number of anilines is 1. The number of para-hydroxylation sites is 1. The molecular formula is C18H16N2O4. The molecule has 0 saturated heterocycles. The topological polar surface area (TPSA) is 90.6 Å². The molecule has 0 radical (unpaired) electrons. The number of hydrogen-bond donors (Lipinski definition) is 1. The molecule has 0 aromatic heterocycles. The van der Waals surface area contributed by atoms with Gasteiger partial charge in [0.15, 0.2) is 6.61 Å². The fourth-order valence-corrected chi connectivity index (χ4v) is 2.10. The van der Waals surface area contributed by atoms with E-state index in [2.05, 4.69) is 0 Å². The maximum absolute atomic E-state index is 12.2. The first-order chi connectivity index (χ1) is 11.5. The number of esters is 1. The molecule has 0 heterocycles. The Hall–Kier alpha value is -3.33. The smallest absolute Gasteiger partial charge is 0.342 e. The monoisotopic (exact) mass is 324 g/mol. The van der Waals surface area contributed by atoms with E-state index in [1.807, 2.05) is 6.07 Å². The molecule has 2 aromatic rings. The van der Waals surface area contributed by atoms with Crippen molar-refractivity contribution in [2.24, 2.45) is 0 Å². The summed E-state index contributed by atoms with van der Waals surface area (Å²) in [5.74, 6) is -1.53. The van der Waals surface area contributed by atoms with Gasteiger partial charge in [-0.2, -0.15) is 5.26 Å². The first kappa shape index (κ1) is 17.0. The molecule has 0 atom stereocenters. The molecule has 2 rings (SSSR count). The molecule has 0 spiro atoms. The summed E-state index contributed by atoms with van der Waals surface area (Å²) in [5.41, 5.74) is 1.32. The molecular weight excluding hydrogens is 308 g/mol. The molecule has 0 aliphatic heterocycles. The second-order valence-electron chi connectivity index (χ2n) is 5.07. The van der Waals surface area contributed by atoms with Crippen LogP contribution in [0.15, 0.2) is 48.5 Å². The number of nitriles is 1. The van der Waals surface area contributed by atoms with E-state index < -0.39 is 18.5 Å². The minimum atomic E-state index is -0.800. The second-order valence-corrected chi connectivity index (χ2v) is 5.07. The van der Waals surface area contributed by atoms with Crippen molar-refractivity contribution in [3.63, 3.8) is 0 Å². The number of aromatic hydroxyl groups is 1. The Morgan fingerprint density at radius 2 is 1.92 bits per heavy atom. The van der Waals surface area contributed by atoms with Gasteiger partial charge >= 0.3 is 5.97 Å². The molecule has 0 bridgehead atoms. The molecule has 122 valence electrons. The largest absolute Gasteiger partial charge is 0.507 e. The number of phenols is 1. The molecule has 2 aromatic carbocycles. The SMILES string of the molecule is Cc1ccc(C(=O)OCC(=O)N(CC#N)c2ccccc2)c(O)c1. The summed E-state index contributed by atoms with van der Waals surface area (Å²) in [6.07, 6.45) is 0. The van der Waals surface area contributed by atoms with Crippen LogP contribution in [0.3, 0.4) is 0 Å². The Kier molecular flexibility index (Phi) is 5.53. The number of hydrogen-bond acceptors (Lipinski definition) is 5. The van der Waals surface area contributed by atoms with Crippen molar-refractivity contribution in [2.75, 3.05) is 18.1 Å². The standard InChI is InChI=1S/C18H16N2O4/c1-13-7-8-15(16(21)11-13)18(23)24-12-17(22)20(10-9-19)14-5-3-2-4-6-14/h2-8,11,21H,10,12H2,1H3. The molecule has 0 saturated carbocycles. The number of rotatable bonds is 5. The van der Waals surface area contributed by atoms with E-state index in [1.165, 1.54) is 17.0 Å². The van der Waals surface area contributed by atoms with Gasteiger partial charge in [0.05, 0.1) is 6.07 Å². The fourth-order valence-electron chi connectivity index (χ4n) is 2.10. The number of carbonyl (C=O) groups excluding carboxylic acids is 2. The highest BCUT2D eigenvalue weighted by Gasteiger charge is 2.19. The normalized spacial score (nSPS) is 9.83. The van der Waals surface area contributed by atoms with E-state index in [0.29, 0.717) is 5.69 Å². The predicted molar refractivity (Wildman–Crippen MR) is 87.5 cm³/mol. The number of amides is 1. The third-order valence-corrected chi connectivity index (χ3v) is 3.30. The van der Waals surface area contributed by atoms with E-state index in [9.17, 15) is 14.7 Å². The van der Waals surface area contributed by atoms with Crippen LogP contribution in [-0.4, -0.2) is 30.1 Å². The zero-order valence-electron chi connectivity index (χ0n) is 13.1. The Morgan fingerprint density at radius 1 is 1.21 bits per heavy atom. The molecule has 1 amide bonds. The van der Waals surface area contributed by atoms with Crippen molar-refractivity contribution < 1.29 is 19.4 Å². The Labute approximate surface area is 139 Å². The van der Waals surface area contributed by atoms with E-state index in [0.717, 1.165) is 5.56 Å². The highest BCUT2D eigenvalue weighted by atomic mass is 16.5. The number of phenolic OH excluding ortho intramolecular Hbond substituents is 1. The lowest BCUT2D eigenvalue weighted by Crippen LogP contribution is -2.35. The minimum absolute atomic E-state index is 0.0139. The third kappa shape index (κ3) is 4.11. The van der Waals surface area contributed by atoms with Crippen LogP contribution in [0.25, 0.3) is 0 Å². The van der Waals surface area contributed by atoms with Gasteiger partial charge in [-0.3, -0.25) is 9.69 Å². The van der Waals surface area contributed by atoms with Gasteiger partial charge in [-0.15, -0.1) is 0 Å². The van der Waals surface area contributed by atoms with Crippen molar-refractivity contribution >= 4 is 17.6 Å². The second kappa shape index (κ2) is 7.79. The first-order valence-corrected chi connectivity index (χ1v) is 7.22. The third-order valence-electron chi connectivity index (χ3n) is 3.30. The minimum Gasteiger partial charge on any atom is -0.507 e. The van der Waals surface area contributed by atoms with Crippen LogP contribution in [0.1, 0.15) is 15.9 Å². The van der Waals surface area contributed by atoms with E-state index in [-0.39, 0.29) is 17.9 Å². The molecule has 24 heavy (non-hydrogen) atoms. The molecule has 0 aliphatic carbocycles. The Balaban J connectivity index is 2.05. The quantitative estimate of drug-likeness (QED) is 0.674.